The third kappa shape index (κ3) is 2.19. The van der Waals surface area contributed by atoms with Crippen molar-refractivity contribution in [1.29, 1.82) is 0 Å². The second-order valence-corrected chi connectivity index (χ2v) is 6.16. The fraction of sp³-hybridized carbons (Fsp3) is 0.857. The van der Waals surface area contributed by atoms with Crippen molar-refractivity contribution >= 4 is 0 Å². The maximum atomic E-state index is 6.27. The molecule has 0 spiro atoms. The van der Waals surface area contributed by atoms with E-state index >= 15 is 0 Å². The Bertz CT molecular complexity index is 434. The maximum absolute atomic E-state index is 6.27. The molecule has 2 aliphatic carbocycles. The van der Waals surface area contributed by atoms with Gasteiger partial charge in [-0.25, -0.2) is 0 Å². The van der Waals surface area contributed by atoms with Crippen LogP contribution in [-0.2, 0) is 15.7 Å². The minimum Gasteiger partial charge on any atom is -0.385 e. The molecule has 19 heavy (non-hydrogen) atoms. The van der Waals surface area contributed by atoms with Gasteiger partial charge in [-0.3, -0.25) is 0 Å². The topological polar surface area (TPSA) is 74.2 Å². The molecule has 1 heterocycles. The van der Waals surface area contributed by atoms with Gasteiger partial charge in [0.25, 0.3) is 0 Å². The van der Waals surface area contributed by atoms with E-state index < -0.39 is 0 Å². The van der Waals surface area contributed by atoms with Crippen LogP contribution in [0.3, 0.4) is 0 Å². The lowest BCUT2D eigenvalue weighted by Crippen LogP contribution is -2.44. The van der Waals surface area contributed by atoms with Crippen LogP contribution in [-0.4, -0.2) is 23.9 Å². The highest BCUT2D eigenvalue weighted by Crippen LogP contribution is 2.44. The molecule has 2 saturated carbocycles. The van der Waals surface area contributed by atoms with Crippen LogP contribution < -0.4 is 5.73 Å². The first-order valence-electron chi connectivity index (χ1n) is 7.31. The Hall–Kier alpha value is -0.940. The Morgan fingerprint density at radius 3 is 2.53 bits per heavy atom. The second kappa shape index (κ2) is 4.87. The van der Waals surface area contributed by atoms with E-state index in [1.165, 1.54) is 12.8 Å². The van der Waals surface area contributed by atoms with Crippen LogP contribution >= 0.6 is 0 Å². The van der Waals surface area contributed by atoms with Crippen LogP contribution in [0.25, 0.3) is 0 Å². The molecule has 0 aliphatic heterocycles. The zero-order valence-electron chi connectivity index (χ0n) is 11.7. The summed E-state index contributed by atoms with van der Waals surface area (Å²) >= 11 is 0. The molecule has 0 radical (unpaired) electrons. The van der Waals surface area contributed by atoms with Crippen molar-refractivity contribution in [3.63, 3.8) is 0 Å². The molecule has 1 aromatic heterocycles. The van der Waals surface area contributed by atoms with Crippen molar-refractivity contribution in [3.05, 3.63) is 11.7 Å². The second-order valence-electron chi connectivity index (χ2n) is 6.16. The standard InChI is InChI=1S/C14H23N3O2/c1-18-10-9-13(5-2-3-6-13)12-16-11(17-19-12)14(15)7-4-8-14/h2-10,15H2,1H3. The van der Waals surface area contributed by atoms with Crippen LogP contribution in [0.1, 0.15) is 63.1 Å². The first kappa shape index (κ1) is 13.1. The number of nitrogens with two attached hydrogens (primary N) is 1. The largest absolute Gasteiger partial charge is 0.385 e. The van der Waals surface area contributed by atoms with E-state index in [2.05, 4.69) is 10.1 Å². The van der Waals surface area contributed by atoms with Gasteiger partial charge >= 0.3 is 0 Å². The molecule has 0 bridgehead atoms. The molecule has 5 nitrogen and oxygen atoms in total. The smallest absolute Gasteiger partial charge is 0.233 e. The monoisotopic (exact) mass is 265 g/mol. The highest BCUT2D eigenvalue weighted by molar-refractivity contribution is 5.14. The van der Waals surface area contributed by atoms with Crippen molar-refractivity contribution in [2.24, 2.45) is 5.73 Å². The van der Waals surface area contributed by atoms with Crippen LogP contribution in [0.15, 0.2) is 4.52 Å². The van der Waals surface area contributed by atoms with Gasteiger partial charge in [-0.1, -0.05) is 18.0 Å². The average molecular weight is 265 g/mol. The molecule has 106 valence electrons. The Balaban J connectivity index is 1.83. The van der Waals surface area contributed by atoms with Crippen molar-refractivity contribution in [2.75, 3.05) is 13.7 Å². The Kier molecular flexibility index (Phi) is 3.35. The predicted molar refractivity (Wildman–Crippen MR) is 70.7 cm³/mol. The third-order valence-corrected chi connectivity index (χ3v) is 4.92. The molecule has 0 amide bonds. The van der Waals surface area contributed by atoms with Gasteiger partial charge in [-0.2, -0.15) is 4.98 Å². The molecule has 0 saturated heterocycles. The summed E-state index contributed by atoms with van der Waals surface area (Å²) in [5.74, 6) is 1.49. The highest BCUT2D eigenvalue weighted by Gasteiger charge is 2.44. The molecule has 0 atom stereocenters. The Labute approximate surface area is 113 Å². The van der Waals surface area contributed by atoms with Crippen molar-refractivity contribution < 1.29 is 9.26 Å². The van der Waals surface area contributed by atoms with E-state index in [4.69, 9.17) is 15.0 Å². The number of methoxy groups -OCH3 is 1. The van der Waals surface area contributed by atoms with Crippen molar-refractivity contribution in [1.82, 2.24) is 10.1 Å². The summed E-state index contributed by atoms with van der Waals surface area (Å²) in [6, 6.07) is 0. The van der Waals surface area contributed by atoms with Gasteiger partial charge in [0.2, 0.25) is 5.89 Å². The lowest BCUT2D eigenvalue weighted by Gasteiger charge is -2.34. The van der Waals surface area contributed by atoms with E-state index in [1.807, 2.05) is 0 Å². The van der Waals surface area contributed by atoms with E-state index in [9.17, 15) is 0 Å². The minimum atomic E-state index is -0.331. The molecule has 1 aromatic rings. The molecule has 5 heteroatoms. The lowest BCUT2D eigenvalue weighted by molar-refractivity contribution is 0.152. The van der Waals surface area contributed by atoms with Crippen LogP contribution in [0.5, 0.6) is 0 Å². The summed E-state index contributed by atoms with van der Waals surface area (Å²) in [4.78, 5) is 4.65. The number of aromatic nitrogens is 2. The van der Waals surface area contributed by atoms with Crippen LogP contribution in [0.4, 0.5) is 0 Å². The molecule has 2 N–H and O–H groups in total. The number of nitrogens with zero attached hydrogens (tertiary/aromatic N) is 2. The first-order chi connectivity index (χ1) is 9.19. The Morgan fingerprint density at radius 1 is 1.21 bits per heavy atom. The third-order valence-electron chi connectivity index (χ3n) is 4.92. The zero-order valence-corrected chi connectivity index (χ0v) is 11.7. The van der Waals surface area contributed by atoms with Gasteiger partial charge in [0.05, 0.1) is 11.0 Å². The number of hydrogen-bond acceptors (Lipinski definition) is 5. The highest BCUT2D eigenvalue weighted by atomic mass is 16.5. The van der Waals surface area contributed by atoms with E-state index in [0.717, 1.165) is 51.0 Å². The van der Waals surface area contributed by atoms with Crippen molar-refractivity contribution in [3.8, 4) is 0 Å². The van der Waals surface area contributed by atoms with Crippen LogP contribution in [0, 0.1) is 0 Å². The van der Waals surface area contributed by atoms with Crippen LogP contribution in [0.2, 0.25) is 0 Å². The summed E-state index contributed by atoms with van der Waals surface area (Å²) in [5, 5.41) is 4.16. The summed E-state index contributed by atoms with van der Waals surface area (Å²) in [6.45, 7) is 0.742. The maximum Gasteiger partial charge on any atom is 0.233 e. The average Bonchev–Trinajstić information content (AvgIpc) is 3.03. The van der Waals surface area contributed by atoms with E-state index in [0.29, 0.717) is 5.82 Å². The molecule has 2 fully saturated rings. The van der Waals surface area contributed by atoms with Gasteiger partial charge in [0, 0.05) is 13.7 Å². The van der Waals surface area contributed by atoms with Gasteiger partial charge < -0.3 is 15.0 Å². The summed E-state index contributed by atoms with van der Waals surface area (Å²) in [7, 11) is 1.74. The fourth-order valence-corrected chi connectivity index (χ4v) is 3.34. The molecule has 3 rings (SSSR count). The van der Waals surface area contributed by atoms with Gasteiger partial charge in [0.15, 0.2) is 5.82 Å². The predicted octanol–water partition coefficient (Wildman–Crippen LogP) is 2.26. The zero-order chi connectivity index (χ0) is 13.3. The molecule has 2 aliphatic rings. The van der Waals surface area contributed by atoms with E-state index in [1.54, 1.807) is 7.11 Å². The molecular formula is C14H23N3O2. The lowest BCUT2D eigenvalue weighted by atomic mass is 9.77. The van der Waals surface area contributed by atoms with E-state index in [-0.39, 0.29) is 11.0 Å². The Morgan fingerprint density at radius 2 is 1.95 bits per heavy atom. The summed E-state index contributed by atoms with van der Waals surface area (Å²) in [6.07, 6.45) is 8.77. The van der Waals surface area contributed by atoms with Gasteiger partial charge in [0.1, 0.15) is 0 Å². The SMILES string of the molecule is COCCC1(c2nc(C3(N)CCC3)no2)CCCC1. The van der Waals surface area contributed by atoms with Gasteiger partial charge in [-0.05, 0) is 38.5 Å². The molecule has 0 aromatic carbocycles. The summed E-state index contributed by atoms with van der Waals surface area (Å²) in [5.41, 5.74) is 5.97. The normalized spacial score (nSPS) is 24.3. The summed E-state index contributed by atoms with van der Waals surface area (Å²) < 4.78 is 10.8. The quantitative estimate of drug-likeness (QED) is 0.884. The number of ether oxygens (including phenoxy) is 1. The molecule has 0 unspecified atom stereocenters. The number of rotatable bonds is 5. The number of hydrogen-bond donors (Lipinski definition) is 1. The minimum absolute atomic E-state index is 0.0291. The van der Waals surface area contributed by atoms with Crippen molar-refractivity contribution in [2.45, 2.75) is 62.3 Å². The first-order valence-corrected chi connectivity index (χ1v) is 7.31. The fourth-order valence-electron chi connectivity index (χ4n) is 3.34. The van der Waals surface area contributed by atoms with Gasteiger partial charge in [-0.15, -0.1) is 0 Å². The molecular weight excluding hydrogens is 242 g/mol.